The van der Waals surface area contributed by atoms with Gasteiger partial charge in [-0.1, -0.05) is 24.3 Å². The van der Waals surface area contributed by atoms with E-state index in [2.05, 4.69) is 38.0 Å². The van der Waals surface area contributed by atoms with E-state index in [0.717, 1.165) is 53.7 Å². The van der Waals surface area contributed by atoms with Crippen molar-refractivity contribution in [3.05, 3.63) is 107 Å². The van der Waals surface area contributed by atoms with E-state index in [4.69, 9.17) is 5.73 Å². The zero-order valence-corrected chi connectivity index (χ0v) is 22.6. The Labute approximate surface area is 236 Å². The third kappa shape index (κ3) is 5.33. The minimum atomic E-state index is -0.507. The van der Waals surface area contributed by atoms with E-state index in [1.165, 1.54) is 29.1 Å². The van der Waals surface area contributed by atoms with Crippen molar-refractivity contribution >= 4 is 28.4 Å². The zero-order valence-electron chi connectivity index (χ0n) is 22.6. The van der Waals surface area contributed by atoms with E-state index in [-0.39, 0.29) is 17.9 Å². The first-order valence-electron chi connectivity index (χ1n) is 13.5. The molecule has 208 valence electrons. The van der Waals surface area contributed by atoms with Crippen molar-refractivity contribution < 1.29 is 9.18 Å². The molecule has 0 spiro atoms. The van der Waals surface area contributed by atoms with Gasteiger partial charge in [0.05, 0.1) is 11.9 Å². The topological polar surface area (TPSA) is 111 Å². The minimum Gasteiger partial charge on any atom is -0.383 e. The third-order valence-corrected chi connectivity index (χ3v) is 7.70. The molecular weight excluding hydrogens is 521 g/mol. The first-order valence-corrected chi connectivity index (χ1v) is 13.5. The number of nitrogens with zero attached hydrogens (tertiary/aromatic N) is 5. The first-order chi connectivity index (χ1) is 19.9. The van der Waals surface area contributed by atoms with Gasteiger partial charge < -0.3 is 25.1 Å². The number of nitrogens with one attached hydrogen (secondary N) is 1. The van der Waals surface area contributed by atoms with E-state index in [9.17, 15) is 14.0 Å². The van der Waals surface area contributed by atoms with Gasteiger partial charge in [0.25, 0.3) is 11.5 Å². The van der Waals surface area contributed by atoms with Crippen molar-refractivity contribution in [1.82, 2.24) is 24.0 Å². The molecule has 4 heterocycles. The molecule has 0 unspecified atom stereocenters. The number of fused-ring (bicyclic) bond motifs is 1. The lowest BCUT2D eigenvalue weighted by Crippen LogP contribution is -2.31. The summed E-state index contributed by atoms with van der Waals surface area (Å²) in [7, 11) is 2.14. The summed E-state index contributed by atoms with van der Waals surface area (Å²) in [6.07, 6.45) is 7.27. The molecule has 1 saturated heterocycles. The van der Waals surface area contributed by atoms with Crippen LogP contribution in [0.25, 0.3) is 22.2 Å². The molecule has 0 aliphatic carbocycles. The molecule has 0 atom stereocenters. The number of nitrogen functional groups attached to an aromatic ring is 1. The second kappa shape index (κ2) is 11.0. The van der Waals surface area contributed by atoms with Gasteiger partial charge in [-0.2, -0.15) is 0 Å². The molecule has 6 rings (SSSR count). The van der Waals surface area contributed by atoms with Crippen molar-refractivity contribution in [1.29, 1.82) is 0 Å². The quantitative estimate of drug-likeness (QED) is 0.320. The summed E-state index contributed by atoms with van der Waals surface area (Å²) in [6.45, 7) is 2.27. The smallest absolute Gasteiger partial charge is 0.263 e. The number of aromatic nitrogens is 4. The van der Waals surface area contributed by atoms with Crippen molar-refractivity contribution in [3.8, 4) is 11.1 Å². The van der Waals surface area contributed by atoms with Crippen molar-refractivity contribution in [2.75, 3.05) is 31.2 Å². The molecule has 5 aromatic rings. The van der Waals surface area contributed by atoms with Crippen LogP contribution >= 0.6 is 0 Å². The maximum Gasteiger partial charge on any atom is 0.263 e. The molecule has 1 aliphatic rings. The van der Waals surface area contributed by atoms with E-state index >= 15 is 0 Å². The molecule has 0 radical (unpaired) electrons. The van der Waals surface area contributed by atoms with Crippen LogP contribution < -0.4 is 16.6 Å². The molecule has 9 nitrogen and oxygen atoms in total. The minimum absolute atomic E-state index is 0.0183. The fraction of sp³-hybridized carbons (Fsp3) is 0.226. The second-order valence-corrected chi connectivity index (χ2v) is 10.5. The van der Waals surface area contributed by atoms with Gasteiger partial charge in [0.15, 0.2) is 0 Å². The van der Waals surface area contributed by atoms with E-state index < -0.39 is 11.5 Å². The summed E-state index contributed by atoms with van der Waals surface area (Å²) >= 11 is 0. The first kappa shape index (κ1) is 26.4. The summed E-state index contributed by atoms with van der Waals surface area (Å²) in [4.78, 5) is 37.2. The Morgan fingerprint density at radius 2 is 1.78 bits per heavy atom. The average Bonchev–Trinajstić information content (AvgIpc) is 3.37. The van der Waals surface area contributed by atoms with Crippen molar-refractivity contribution in [2.24, 2.45) is 0 Å². The highest BCUT2D eigenvalue weighted by Crippen LogP contribution is 2.36. The van der Waals surface area contributed by atoms with Gasteiger partial charge in [-0.25, -0.2) is 14.4 Å². The molecular formula is C31H30FN7O2. The number of halogens is 1. The lowest BCUT2D eigenvalue weighted by Gasteiger charge is -2.30. The number of amides is 1. The van der Waals surface area contributed by atoms with Crippen LogP contribution in [0.15, 0.2) is 84.2 Å². The number of rotatable bonds is 6. The van der Waals surface area contributed by atoms with Crippen LogP contribution in [0.1, 0.15) is 34.8 Å². The Kier molecular flexibility index (Phi) is 7.07. The van der Waals surface area contributed by atoms with Crippen molar-refractivity contribution in [3.63, 3.8) is 0 Å². The standard InChI is InChI=1S/C31H30FN7O2/c1-37-15-12-24(13-16-37)39-18-26(27-28(33)34-19-35-29(27)39)21-6-10-23(11-7-21)36-30(40)25-3-2-14-38(31(25)41)17-20-4-8-22(32)9-5-20/h2-11,14,18-19,24H,12-13,15-17H2,1H3,(H,36,40)(H2,33,34,35). The van der Waals surface area contributed by atoms with Crippen LogP contribution in [0.2, 0.25) is 0 Å². The van der Waals surface area contributed by atoms with Gasteiger partial charge in [0.1, 0.15) is 29.2 Å². The number of carbonyl (C=O) groups excluding carboxylic acids is 1. The zero-order chi connectivity index (χ0) is 28.5. The lowest BCUT2D eigenvalue weighted by molar-refractivity contribution is 0.102. The highest BCUT2D eigenvalue weighted by atomic mass is 19.1. The Hall–Kier alpha value is -4.83. The predicted molar refractivity (Wildman–Crippen MR) is 157 cm³/mol. The molecule has 3 N–H and O–H groups in total. The summed E-state index contributed by atoms with van der Waals surface area (Å²) in [5.41, 5.74) is 9.89. The Bertz CT molecular complexity index is 1770. The maximum absolute atomic E-state index is 13.2. The van der Waals surface area contributed by atoms with Gasteiger partial charge in [0.2, 0.25) is 0 Å². The monoisotopic (exact) mass is 551 g/mol. The number of likely N-dealkylation sites (tertiary alicyclic amines) is 1. The molecule has 0 bridgehead atoms. The van der Waals surface area contributed by atoms with E-state index in [1.54, 1.807) is 36.5 Å². The van der Waals surface area contributed by atoms with Crippen LogP contribution in [-0.4, -0.2) is 50.0 Å². The molecule has 10 heteroatoms. The molecule has 3 aromatic heterocycles. The summed E-state index contributed by atoms with van der Waals surface area (Å²) < 4.78 is 16.9. The summed E-state index contributed by atoms with van der Waals surface area (Å²) in [6, 6.07) is 16.8. The summed E-state index contributed by atoms with van der Waals surface area (Å²) in [5.74, 6) is -0.428. The normalized spacial score (nSPS) is 14.4. The number of benzene rings is 2. The van der Waals surface area contributed by atoms with Gasteiger partial charge in [0, 0.05) is 29.7 Å². The molecule has 1 fully saturated rings. The number of pyridine rings is 1. The lowest BCUT2D eigenvalue weighted by atomic mass is 10.1. The molecule has 2 aromatic carbocycles. The Morgan fingerprint density at radius 3 is 2.51 bits per heavy atom. The second-order valence-electron chi connectivity index (χ2n) is 10.5. The summed E-state index contributed by atoms with van der Waals surface area (Å²) in [5, 5.41) is 3.64. The van der Waals surface area contributed by atoms with Crippen molar-refractivity contribution in [2.45, 2.75) is 25.4 Å². The van der Waals surface area contributed by atoms with Crippen LogP contribution in [0.3, 0.4) is 0 Å². The van der Waals surface area contributed by atoms with E-state index in [1.807, 2.05) is 12.1 Å². The SMILES string of the molecule is CN1CCC(n2cc(-c3ccc(NC(=O)c4cccn(Cc5ccc(F)cc5)c4=O)cc3)c3c(N)ncnc32)CC1. The molecule has 1 amide bonds. The van der Waals surface area contributed by atoms with Crippen LogP contribution in [0, 0.1) is 5.82 Å². The average molecular weight is 552 g/mol. The number of nitrogens with two attached hydrogens (primary N) is 1. The third-order valence-electron chi connectivity index (χ3n) is 7.70. The number of piperidine rings is 1. The number of hydrogen-bond donors (Lipinski definition) is 2. The van der Waals surface area contributed by atoms with Gasteiger partial charge >= 0.3 is 0 Å². The number of anilines is 2. The van der Waals surface area contributed by atoms with Gasteiger partial charge in [-0.15, -0.1) is 0 Å². The van der Waals surface area contributed by atoms with Gasteiger partial charge in [-0.05, 0) is 80.5 Å². The number of hydrogen-bond acceptors (Lipinski definition) is 6. The highest BCUT2D eigenvalue weighted by Gasteiger charge is 2.23. The number of carbonyl (C=O) groups is 1. The van der Waals surface area contributed by atoms with Crippen LogP contribution in [-0.2, 0) is 6.54 Å². The Morgan fingerprint density at radius 1 is 1.05 bits per heavy atom. The fourth-order valence-corrected chi connectivity index (χ4v) is 5.43. The largest absolute Gasteiger partial charge is 0.383 e. The molecule has 1 aliphatic heterocycles. The highest BCUT2D eigenvalue weighted by molar-refractivity contribution is 6.04. The maximum atomic E-state index is 13.2. The predicted octanol–water partition coefficient (Wildman–Crippen LogP) is 4.55. The molecule has 0 saturated carbocycles. The van der Waals surface area contributed by atoms with E-state index in [0.29, 0.717) is 17.5 Å². The fourth-order valence-electron chi connectivity index (χ4n) is 5.43. The van der Waals surface area contributed by atoms with Crippen LogP contribution in [0.5, 0.6) is 0 Å². The Balaban J connectivity index is 1.23. The molecule has 41 heavy (non-hydrogen) atoms. The van der Waals surface area contributed by atoms with Gasteiger partial charge in [-0.3, -0.25) is 9.59 Å². The van der Waals surface area contributed by atoms with Crippen LogP contribution in [0.4, 0.5) is 15.9 Å².